The van der Waals surface area contributed by atoms with E-state index in [9.17, 15) is 4.79 Å². The van der Waals surface area contributed by atoms with Gasteiger partial charge in [-0.2, -0.15) is 0 Å². The molecular formula is C36H72O11. The summed E-state index contributed by atoms with van der Waals surface area (Å²) >= 11 is 0. The lowest BCUT2D eigenvalue weighted by Crippen LogP contribution is -2.15. The third-order valence-corrected chi connectivity index (χ3v) is 7.31. The summed E-state index contributed by atoms with van der Waals surface area (Å²) in [4.78, 5) is 11.9. The van der Waals surface area contributed by atoms with Crippen molar-refractivity contribution in [2.75, 3.05) is 119 Å². The van der Waals surface area contributed by atoms with E-state index >= 15 is 0 Å². The Kier molecular flexibility index (Phi) is 42.3. The molecule has 0 aliphatic rings. The maximum Gasteiger partial charge on any atom is 0.305 e. The fourth-order valence-corrected chi connectivity index (χ4v) is 4.63. The van der Waals surface area contributed by atoms with Crippen molar-refractivity contribution < 1.29 is 52.5 Å². The van der Waals surface area contributed by atoms with Crippen molar-refractivity contribution in [3.8, 4) is 0 Å². The number of rotatable bonds is 42. The Hall–Kier alpha value is -0.890. The average molecular weight is 681 g/mol. The van der Waals surface area contributed by atoms with Gasteiger partial charge in [0.2, 0.25) is 0 Å². The van der Waals surface area contributed by atoms with E-state index in [2.05, 4.69) is 6.92 Å². The Balaban J connectivity index is 3.13. The second-order valence-electron chi connectivity index (χ2n) is 11.5. The molecule has 0 aliphatic carbocycles. The van der Waals surface area contributed by atoms with Gasteiger partial charge in [0.15, 0.2) is 0 Å². The predicted molar refractivity (Wildman–Crippen MR) is 184 cm³/mol. The van der Waals surface area contributed by atoms with E-state index in [0.29, 0.717) is 119 Å². The highest BCUT2D eigenvalue weighted by Gasteiger charge is 2.03. The van der Waals surface area contributed by atoms with E-state index in [4.69, 9.17) is 47.7 Å². The van der Waals surface area contributed by atoms with Crippen LogP contribution in [0.3, 0.4) is 0 Å². The molecule has 0 aromatic carbocycles. The van der Waals surface area contributed by atoms with Gasteiger partial charge >= 0.3 is 5.97 Å². The number of carbonyl (C=O) groups is 1. The van der Waals surface area contributed by atoms with Gasteiger partial charge in [0.05, 0.1) is 112 Å². The van der Waals surface area contributed by atoms with Crippen LogP contribution in [0.15, 0.2) is 0 Å². The summed E-state index contributed by atoms with van der Waals surface area (Å²) in [5.74, 6) is -0.130. The molecule has 1 N–H and O–H groups in total. The van der Waals surface area contributed by atoms with Crippen molar-refractivity contribution in [2.45, 2.75) is 110 Å². The van der Waals surface area contributed by atoms with Crippen LogP contribution in [-0.4, -0.2) is 130 Å². The molecule has 0 aliphatic heterocycles. The van der Waals surface area contributed by atoms with E-state index in [1.165, 1.54) is 83.5 Å². The van der Waals surface area contributed by atoms with Crippen molar-refractivity contribution in [2.24, 2.45) is 0 Å². The first-order valence-electron chi connectivity index (χ1n) is 18.7. The molecule has 0 unspecified atom stereocenters. The second kappa shape index (κ2) is 43.1. The van der Waals surface area contributed by atoms with Crippen LogP contribution in [0.1, 0.15) is 110 Å². The molecule has 0 heterocycles. The summed E-state index contributed by atoms with van der Waals surface area (Å²) in [5, 5.41) is 8.58. The molecule has 0 atom stereocenters. The molecule has 0 spiro atoms. The minimum absolute atomic E-state index is 0.0258. The SMILES string of the molecule is CCCCCCCCCCCCCCCCCC(=O)OCCOCCOCCOCCOCCOCCOCCOCCOCCO. The molecule has 0 fully saturated rings. The van der Waals surface area contributed by atoms with Gasteiger partial charge < -0.3 is 47.7 Å². The summed E-state index contributed by atoms with van der Waals surface area (Å²) in [5.41, 5.74) is 0. The fraction of sp³-hybridized carbons (Fsp3) is 0.972. The number of hydrogen-bond acceptors (Lipinski definition) is 11. The third-order valence-electron chi connectivity index (χ3n) is 7.31. The summed E-state index contributed by atoms with van der Waals surface area (Å²) in [6.07, 6.45) is 20.2. The number of ether oxygens (including phenoxy) is 9. The highest BCUT2D eigenvalue weighted by atomic mass is 16.6. The normalized spacial score (nSPS) is 11.4. The van der Waals surface area contributed by atoms with Crippen molar-refractivity contribution in [1.82, 2.24) is 0 Å². The molecule has 11 nitrogen and oxygen atoms in total. The quantitative estimate of drug-likeness (QED) is 0.0612. The minimum atomic E-state index is -0.130. The largest absolute Gasteiger partial charge is 0.463 e. The molecule has 0 saturated carbocycles. The Morgan fingerprint density at radius 2 is 0.617 bits per heavy atom. The first-order valence-corrected chi connectivity index (χ1v) is 18.7. The fourth-order valence-electron chi connectivity index (χ4n) is 4.63. The zero-order valence-corrected chi connectivity index (χ0v) is 30.1. The van der Waals surface area contributed by atoms with E-state index < -0.39 is 0 Å². The van der Waals surface area contributed by atoms with Gasteiger partial charge in [-0.25, -0.2) is 0 Å². The molecule has 47 heavy (non-hydrogen) atoms. The zero-order chi connectivity index (χ0) is 34.0. The van der Waals surface area contributed by atoms with Gasteiger partial charge in [0.25, 0.3) is 0 Å². The molecule has 0 saturated heterocycles. The molecule has 0 aromatic rings. The van der Waals surface area contributed by atoms with Gasteiger partial charge in [0.1, 0.15) is 6.61 Å². The summed E-state index contributed by atoms with van der Waals surface area (Å²) in [6.45, 7) is 10.2. The number of carbonyl (C=O) groups excluding carboxylic acids is 1. The highest BCUT2D eigenvalue weighted by Crippen LogP contribution is 2.13. The van der Waals surface area contributed by atoms with Gasteiger partial charge in [-0.3, -0.25) is 4.79 Å². The van der Waals surface area contributed by atoms with Gasteiger partial charge in [-0.05, 0) is 6.42 Å². The maximum atomic E-state index is 11.9. The lowest BCUT2D eigenvalue weighted by atomic mass is 10.0. The molecule has 0 radical (unpaired) electrons. The Bertz CT molecular complexity index is 583. The molecule has 0 bridgehead atoms. The Morgan fingerprint density at radius 1 is 0.362 bits per heavy atom. The van der Waals surface area contributed by atoms with Gasteiger partial charge in [0, 0.05) is 6.42 Å². The van der Waals surface area contributed by atoms with Crippen LogP contribution in [0.2, 0.25) is 0 Å². The zero-order valence-electron chi connectivity index (χ0n) is 30.1. The van der Waals surface area contributed by atoms with Crippen LogP contribution in [0.25, 0.3) is 0 Å². The van der Waals surface area contributed by atoms with Crippen molar-refractivity contribution in [3.05, 3.63) is 0 Å². The molecule has 11 heteroatoms. The molecule has 0 amide bonds. The predicted octanol–water partition coefficient (Wildman–Crippen LogP) is 5.92. The lowest BCUT2D eigenvalue weighted by molar-refractivity contribution is -0.145. The van der Waals surface area contributed by atoms with E-state index in [0.717, 1.165) is 12.8 Å². The van der Waals surface area contributed by atoms with Crippen LogP contribution in [0.5, 0.6) is 0 Å². The number of esters is 1. The van der Waals surface area contributed by atoms with Crippen LogP contribution in [-0.2, 0) is 47.4 Å². The number of hydrogen-bond donors (Lipinski definition) is 1. The average Bonchev–Trinajstić information content (AvgIpc) is 3.08. The summed E-state index contributed by atoms with van der Waals surface area (Å²) in [6, 6.07) is 0. The second-order valence-corrected chi connectivity index (χ2v) is 11.5. The number of aliphatic hydroxyl groups is 1. The third kappa shape index (κ3) is 43.1. The number of unbranched alkanes of at least 4 members (excludes halogenated alkanes) is 14. The van der Waals surface area contributed by atoms with E-state index in [1.807, 2.05) is 0 Å². The molecule has 0 rings (SSSR count). The summed E-state index contributed by atoms with van der Waals surface area (Å²) in [7, 11) is 0. The van der Waals surface area contributed by atoms with E-state index in [-0.39, 0.29) is 12.6 Å². The van der Waals surface area contributed by atoms with Crippen molar-refractivity contribution in [3.63, 3.8) is 0 Å². The summed E-state index contributed by atoms with van der Waals surface area (Å²) < 4.78 is 48.4. The monoisotopic (exact) mass is 681 g/mol. The smallest absolute Gasteiger partial charge is 0.305 e. The highest BCUT2D eigenvalue weighted by molar-refractivity contribution is 5.69. The Morgan fingerprint density at radius 3 is 0.915 bits per heavy atom. The molecule has 282 valence electrons. The van der Waals surface area contributed by atoms with Crippen LogP contribution in [0, 0.1) is 0 Å². The molecular weight excluding hydrogens is 608 g/mol. The first-order chi connectivity index (χ1) is 23.3. The van der Waals surface area contributed by atoms with Crippen LogP contribution < -0.4 is 0 Å². The first kappa shape index (κ1) is 46.1. The molecule has 0 aromatic heterocycles. The van der Waals surface area contributed by atoms with Crippen LogP contribution in [0.4, 0.5) is 0 Å². The standard InChI is InChI=1S/C36H72O11/c1-2-3-4-5-6-7-8-9-10-11-12-13-14-15-16-17-36(38)47-35-34-46-33-32-45-31-30-44-29-28-43-27-26-42-25-24-41-23-22-40-21-20-39-19-18-37/h37H,2-35H2,1H3. The van der Waals surface area contributed by atoms with Gasteiger partial charge in [-0.1, -0.05) is 96.8 Å². The van der Waals surface area contributed by atoms with Crippen molar-refractivity contribution in [1.29, 1.82) is 0 Å². The number of aliphatic hydroxyl groups excluding tert-OH is 1. The van der Waals surface area contributed by atoms with Crippen LogP contribution >= 0.6 is 0 Å². The van der Waals surface area contributed by atoms with Crippen molar-refractivity contribution >= 4 is 5.97 Å². The maximum absolute atomic E-state index is 11.9. The topological polar surface area (TPSA) is 120 Å². The minimum Gasteiger partial charge on any atom is -0.463 e. The Labute approximate surface area is 286 Å². The van der Waals surface area contributed by atoms with Gasteiger partial charge in [-0.15, -0.1) is 0 Å². The van der Waals surface area contributed by atoms with E-state index in [1.54, 1.807) is 0 Å². The lowest BCUT2D eigenvalue weighted by Gasteiger charge is -2.09.